The summed E-state index contributed by atoms with van der Waals surface area (Å²) in [5.41, 5.74) is 0.952. The van der Waals surface area contributed by atoms with Gasteiger partial charge in [0.2, 0.25) is 0 Å². The van der Waals surface area contributed by atoms with Gasteiger partial charge in [-0.1, -0.05) is 13.8 Å². The van der Waals surface area contributed by atoms with Crippen LogP contribution in [0.15, 0.2) is 0 Å². The van der Waals surface area contributed by atoms with Gasteiger partial charge in [-0.2, -0.15) is 0 Å². The molecule has 4 fully saturated rings. The summed E-state index contributed by atoms with van der Waals surface area (Å²) in [5, 5.41) is 10.6. The molecule has 0 aromatic carbocycles. The first-order valence-electron chi connectivity index (χ1n) is 7.66. The summed E-state index contributed by atoms with van der Waals surface area (Å²) in [6.07, 6.45) is 7.51. The van der Waals surface area contributed by atoms with Crippen LogP contribution >= 0.6 is 0 Å². The van der Waals surface area contributed by atoms with Gasteiger partial charge in [-0.15, -0.1) is 0 Å². The zero-order valence-electron chi connectivity index (χ0n) is 12.0. The molecule has 2 heteroatoms. The highest BCUT2D eigenvalue weighted by Gasteiger charge is 2.73. The first kappa shape index (κ1) is 11.7. The molecule has 1 heterocycles. The Labute approximate surface area is 110 Å². The van der Waals surface area contributed by atoms with Crippen molar-refractivity contribution in [2.45, 2.75) is 71.0 Å². The van der Waals surface area contributed by atoms with E-state index >= 15 is 0 Å². The van der Waals surface area contributed by atoms with Crippen LogP contribution in [0.3, 0.4) is 0 Å². The van der Waals surface area contributed by atoms with Crippen LogP contribution in [0.25, 0.3) is 0 Å². The Balaban J connectivity index is 1.73. The summed E-state index contributed by atoms with van der Waals surface area (Å²) in [5.74, 6) is 0.805. The van der Waals surface area contributed by atoms with Crippen LogP contribution in [0.4, 0.5) is 0 Å². The van der Waals surface area contributed by atoms with Crippen LogP contribution in [0.1, 0.15) is 59.3 Å². The van der Waals surface area contributed by atoms with Gasteiger partial charge in [-0.25, -0.2) is 0 Å². The quantitative estimate of drug-likeness (QED) is 0.715. The fourth-order valence-electron chi connectivity index (χ4n) is 5.92. The third-order valence-corrected chi connectivity index (χ3v) is 7.25. The van der Waals surface area contributed by atoms with Crippen LogP contribution < -0.4 is 0 Å². The van der Waals surface area contributed by atoms with Crippen molar-refractivity contribution in [1.29, 1.82) is 0 Å². The van der Waals surface area contributed by atoms with Crippen LogP contribution in [0, 0.1) is 22.2 Å². The molecule has 0 aromatic rings. The molecular weight excluding hydrogens is 224 g/mol. The van der Waals surface area contributed by atoms with Gasteiger partial charge in [0.05, 0.1) is 18.3 Å². The summed E-state index contributed by atoms with van der Waals surface area (Å²) in [6.45, 7) is 7.80. The van der Waals surface area contributed by atoms with Crippen molar-refractivity contribution in [3.63, 3.8) is 0 Å². The standard InChI is InChI=1S/C16H26O2/c1-13(2)9-16(13)7-6-15-8-12(18-10-15)14(3,17)5-4-11(15)16/h11-12,17H,4-10H2,1-3H3/t11-,12-,14-,15-,16?/m1/s1. The number of hydrogen-bond donors (Lipinski definition) is 1. The third-order valence-electron chi connectivity index (χ3n) is 7.25. The Hall–Kier alpha value is -0.0800. The van der Waals surface area contributed by atoms with Gasteiger partial charge in [0.1, 0.15) is 0 Å². The maximum atomic E-state index is 10.6. The second-order valence-electron chi connectivity index (χ2n) is 8.53. The lowest BCUT2D eigenvalue weighted by atomic mass is 9.70. The van der Waals surface area contributed by atoms with Gasteiger partial charge in [0.15, 0.2) is 0 Å². The lowest BCUT2D eigenvalue weighted by molar-refractivity contribution is -0.0870. The van der Waals surface area contributed by atoms with E-state index in [0.29, 0.717) is 16.2 Å². The van der Waals surface area contributed by atoms with Crippen LogP contribution in [0.5, 0.6) is 0 Å². The van der Waals surface area contributed by atoms with Crippen molar-refractivity contribution in [2.75, 3.05) is 6.61 Å². The molecule has 2 nitrogen and oxygen atoms in total. The molecule has 0 radical (unpaired) electrons. The van der Waals surface area contributed by atoms with Crippen LogP contribution in [-0.4, -0.2) is 23.4 Å². The highest BCUT2D eigenvalue weighted by molar-refractivity contribution is 5.22. The molecular formula is C16H26O2. The zero-order valence-corrected chi connectivity index (χ0v) is 12.0. The summed E-state index contributed by atoms with van der Waals surface area (Å²) >= 11 is 0. The van der Waals surface area contributed by atoms with E-state index in [1.165, 1.54) is 25.7 Å². The molecule has 1 aliphatic heterocycles. The molecule has 0 amide bonds. The summed E-state index contributed by atoms with van der Waals surface area (Å²) in [7, 11) is 0. The number of aliphatic hydroxyl groups is 1. The lowest BCUT2D eigenvalue weighted by Gasteiger charge is -2.35. The van der Waals surface area contributed by atoms with Crippen molar-refractivity contribution < 1.29 is 9.84 Å². The van der Waals surface area contributed by atoms with Gasteiger partial charge in [0.25, 0.3) is 0 Å². The van der Waals surface area contributed by atoms with Crippen molar-refractivity contribution in [2.24, 2.45) is 22.2 Å². The average molecular weight is 250 g/mol. The molecule has 5 atom stereocenters. The first-order valence-corrected chi connectivity index (χ1v) is 7.66. The van der Waals surface area contributed by atoms with E-state index in [1.54, 1.807) is 0 Å². The van der Waals surface area contributed by atoms with Crippen molar-refractivity contribution in [1.82, 2.24) is 0 Å². The highest BCUT2D eigenvalue weighted by Crippen LogP contribution is 2.79. The molecule has 1 N–H and O–H groups in total. The van der Waals surface area contributed by atoms with E-state index in [1.807, 2.05) is 6.92 Å². The monoisotopic (exact) mass is 250 g/mol. The Kier molecular flexibility index (Phi) is 1.94. The highest BCUT2D eigenvalue weighted by atomic mass is 16.5. The molecule has 1 unspecified atom stereocenters. The molecule has 1 saturated heterocycles. The number of fused-ring (bicyclic) bond motifs is 2. The van der Waals surface area contributed by atoms with E-state index in [9.17, 15) is 5.11 Å². The van der Waals surface area contributed by atoms with Crippen LogP contribution in [0.2, 0.25) is 0 Å². The zero-order chi connectivity index (χ0) is 12.8. The SMILES string of the molecule is CC1(C)CC12CC[C@]13CO[C@H](C1)[C@](C)(O)CC[C@@H]23. The molecule has 3 saturated carbocycles. The Morgan fingerprint density at radius 3 is 2.50 bits per heavy atom. The molecule has 2 bridgehead atoms. The van der Waals surface area contributed by atoms with E-state index < -0.39 is 5.60 Å². The topological polar surface area (TPSA) is 29.5 Å². The lowest BCUT2D eigenvalue weighted by Crippen LogP contribution is -2.38. The van der Waals surface area contributed by atoms with E-state index in [4.69, 9.17) is 4.74 Å². The molecule has 18 heavy (non-hydrogen) atoms. The van der Waals surface area contributed by atoms with Gasteiger partial charge in [0, 0.05) is 0 Å². The number of rotatable bonds is 0. The van der Waals surface area contributed by atoms with E-state index in [0.717, 1.165) is 25.4 Å². The molecule has 2 spiro atoms. The molecule has 0 aromatic heterocycles. The largest absolute Gasteiger partial charge is 0.387 e. The summed E-state index contributed by atoms with van der Waals surface area (Å²) in [4.78, 5) is 0. The van der Waals surface area contributed by atoms with Crippen molar-refractivity contribution >= 4 is 0 Å². The second kappa shape index (κ2) is 2.98. The Morgan fingerprint density at radius 2 is 1.83 bits per heavy atom. The van der Waals surface area contributed by atoms with Crippen LogP contribution in [-0.2, 0) is 4.74 Å². The maximum Gasteiger partial charge on any atom is 0.0880 e. The predicted octanol–water partition coefficient (Wildman–Crippen LogP) is 3.13. The minimum absolute atomic E-state index is 0.0968. The molecule has 102 valence electrons. The molecule has 3 aliphatic carbocycles. The van der Waals surface area contributed by atoms with E-state index in [2.05, 4.69) is 13.8 Å². The first-order chi connectivity index (χ1) is 8.32. The maximum absolute atomic E-state index is 10.6. The van der Waals surface area contributed by atoms with Gasteiger partial charge in [-0.3, -0.25) is 0 Å². The predicted molar refractivity (Wildman–Crippen MR) is 70.2 cm³/mol. The smallest absolute Gasteiger partial charge is 0.0880 e. The molecule has 4 aliphatic rings. The fraction of sp³-hybridized carbons (Fsp3) is 1.00. The minimum Gasteiger partial charge on any atom is -0.387 e. The average Bonchev–Trinajstić information content (AvgIpc) is 2.65. The van der Waals surface area contributed by atoms with Crippen molar-refractivity contribution in [3.8, 4) is 0 Å². The fourth-order valence-corrected chi connectivity index (χ4v) is 5.92. The Bertz CT molecular complexity index is 400. The second-order valence-corrected chi connectivity index (χ2v) is 8.53. The number of hydrogen-bond acceptors (Lipinski definition) is 2. The summed E-state index contributed by atoms with van der Waals surface area (Å²) < 4.78 is 6.02. The summed E-state index contributed by atoms with van der Waals surface area (Å²) in [6, 6.07) is 0. The van der Waals surface area contributed by atoms with Gasteiger partial charge in [-0.05, 0) is 67.6 Å². The minimum atomic E-state index is -0.589. The Morgan fingerprint density at radius 1 is 1.11 bits per heavy atom. The van der Waals surface area contributed by atoms with Gasteiger partial charge >= 0.3 is 0 Å². The normalized spacial score (nSPS) is 60.7. The van der Waals surface area contributed by atoms with E-state index in [-0.39, 0.29) is 6.10 Å². The molecule has 4 rings (SSSR count). The van der Waals surface area contributed by atoms with Crippen molar-refractivity contribution in [3.05, 3.63) is 0 Å². The third kappa shape index (κ3) is 1.17. The number of ether oxygens (including phenoxy) is 1. The van der Waals surface area contributed by atoms with Gasteiger partial charge < -0.3 is 9.84 Å².